The summed E-state index contributed by atoms with van der Waals surface area (Å²) in [4.78, 5) is 6.02. The molecular weight excluding hydrogens is 451 g/mol. The van der Waals surface area contributed by atoms with Crippen LogP contribution in [0.1, 0.15) is 32.8 Å². The first-order valence-corrected chi connectivity index (χ1v) is 15.3. The van der Waals surface area contributed by atoms with Crippen LogP contribution in [0.4, 0.5) is 0 Å². The second-order valence-corrected chi connectivity index (χ2v) is 12.7. The van der Waals surface area contributed by atoms with Gasteiger partial charge in [-0.1, -0.05) is 30.3 Å². The lowest BCUT2D eigenvalue weighted by Gasteiger charge is -2.28. The largest absolute Gasteiger partial charge is 0.500 e. The highest BCUT2D eigenvalue weighted by Crippen LogP contribution is 2.42. The molecule has 3 rings (SSSR count). The molecule has 0 saturated heterocycles. The van der Waals surface area contributed by atoms with Gasteiger partial charge in [-0.25, -0.2) is 4.98 Å². The van der Waals surface area contributed by atoms with Gasteiger partial charge in [0.1, 0.15) is 0 Å². The Labute approximate surface area is 192 Å². The molecular formula is C22H29NO3S3Si. The van der Waals surface area contributed by atoms with Gasteiger partial charge >= 0.3 is 8.80 Å². The highest BCUT2D eigenvalue weighted by molar-refractivity contribution is 8.77. The van der Waals surface area contributed by atoms with Crippen molar-refractivity contribution < 1.29 is 13.3 Å². The van der Waals surface area contributed by atoms with E-state index in [-0.39, 0.29) is 0 Å². The summed E-state index contributed by atoms with van der Waals surface area (Å²) in [5.74, 6) is 0. The lowest BCUT2D eigenvalue weighted by Crippen LogP contribution is -2.46. The van der Waals surface area contributed by atoms with E-state index < -0.39 is 8.80 Å². The molecule has 0 aliphatic heterocycles. The van der Waals surface area contributed by atoms with Crippen LogP contribution < -0.4 is 0 Å². The SMILES string of the molecule is CCO[Si](CCCc1ccccc1SSc1nc2ccccc2s1)(OCC)OCC. The maximum absolute atomic E-state index is 5.99. The fourth-order valence-electron chi connectivity index (χ4n) is 3.26. The van der Waals surface area contributed by atoms with Crippen molar-refractivity contribution in [1.29, 1.82) is 0 Å². The van der Waals surface area contributed by atoms with Crippen molar-refractivity contribution in [3.63, 3.8) is 0 Å². The molecule has 0 aliphatic rings. The van der Waals surface area contributed by atoms with E-state index in [0.29, 0.717) is 19.8 Å². The van der Waals surface area contributed by atoms with Crippen molar-refractivity contribution in [2.45, 2.75) is 48.9 Å². The number of hydrogen-bond acceptors (Lipinski definition) is 7. The van der Waals surface area contributed by atoms with Crippen molar-refractivity contribution in [2.75, 3.05) is 19.8 Å². The highest BCUT2D eigenvalue weighted by atomic mass is 33.1. The van der Waals surface area contributed by atoms with E-state index in [0.717, 1.165) is 28.7 Å². The van der Waals surface area contributed by atoms with Crippen LogP contribution in [0.25, 0.3) is 10.2 Å². The number of aromatic nitrogens is 1. The lowest BCUT2D eigenvalue weighted by atomic mass is 10.1. The van der Waals surface area contributed by atoms with E-state index in [4.69, 9.17) is 18.3 Å². The molecule has 0 saturated carbocycles. The summed E-state index contributed by atoms with van der Waals surface area (Å²) in [6, 6.07) is 17.8. The van der Waals surface area contributed by atoms with Crippen LogP contribution in [0.2, 0.25) is 6.04 Å². The highest BCUT2D eigenvalue weighted by Gasteiger charge is 2.39. The van der Waals surface area contributed by atoms with Gasteiger partial charge in [-0.05, 0) is 79.0 Å². The molecule has 0 aliphatic carbocycles. The molecule has 0 radical (unpaired) electrons. The Kier molecular flexibility index (Phi) is 9.70. The number of rotatable bonds is 13. The van der Waals surface area contributed by atoms with Crippen LogP contribution >= 0.6 is 32.9 Å². The predicted molar refractivity (Wildman–Crippen MR) is 132 cm³/mol. The van der Waals surface area contributed by atoms with Crippen LogP contribution in [0.3, 0.4) is 0 Å². The second-order valence-electron chi connectivity index (χ2n) is 6.56. The van der Waals surface area contributed by atoms with Gasteiger partial charge in [0.05, 0.1) is 10.2 Å². The molecule has 3 aromatic rings. The number of thiazole rings is 1. The molecule has 0 N–H and O–H groups in total. The fraction of sp³-hybridized carbons (Fsp3) is 0.409. The van der Waals surface area contributed by atoms with Crippen LogP contribution in [-0.4, -0.2) is 33.6 Å². The monoisotopic (exact) mass is 479 g/mol. The molecule has 1 heterocycles. The Balaban J connectivity index is 1.61. The number of fused-ring (bicyclic) bond motifs is 1. The minimum atomic E-state index is -2.58. The third-order valence-corrected chi connectivity index (χ3v) is 11.4. The normalized spacial score (nSPS) is 12.0. The van der Waals surface area contributed by atoms with Crippen molar-refractivity contribution in [2.24, 2.45) is 0 Å². The topological polar surface area (TPSA) is 40.6 Å². The average molecular weight is 480 g/mol. The van der Waals surface area contributed by atoms with E-state index in [2.05, 4.69) is 42.5 Å². The number of nitrogens with zero attached hydrogens (tertiary/aromatic N) is 1. The van der Waals surface area contributed by atoms with Crippen LogP contribution in [0, 0.1) is 0 Å². The molecule has 0 unspecified atom stereocenters. The van der Waals surface area contributed by atoms with E-state index in [1.165, 1.54) is 15.2 Å². The Hall–Kier alpha value is -0.873. The molecule has 30 heavy (non-hydrogen) atoms. The zero-order chi connectivity index (χ0) is 21.2. The molecule has 8 heteroatoms. The second kappa shape index (κ2) is 12.2. The molecule has 0 fully saturated rings. The van der Waals surface area contributed by atoms with Gasteiger partial charge in [0, 0.05) is 30.8 Å². The molecule has 0 bridgehead atoms. The number of hydrogen-bond donors (Lipinski definition) is 0. The quantitative estimate of drug-likeness (QED) is 0.193. The van der Waals surface area contributed by atoms with Crippen LogP contribution in [0.5, 0.6) is 0 Å². The molecule has 0 amide bonds. The van der Waals surface area contributed by atoms with Gasteiger partial charge in [-0.3, -0.25) is 0 Å². The van der Waals surface area contributed by atoms with E-state index in [1.54, 1.807) is 32.9 Å². The molecule has 162 valence electrons. The minimum absolute atomic E-state index is 0.622. The smallest absolute Gasteiger partial charge is 0.374 e. The molecule has 1 aromatic heterocycles. The van der Waals surface area contributed by atoms with Gasteiger partial charge in [0.25, 0.3) is 0 Å². The van der Waals surface area contributed by atoms with E-state index in [9.17, 15) is 0 Å². The third kappa shape index (κ3) is 6.56. The number of para-hydroxylation sites is 1. The molecule has 2 aromatic carbocycles. The van der Waals surface area contributed by atoms with Crippen LogP contribution in [0.15, 0.2) is 57.8 Å². The predicted octanol–water partition coefficient (Wildman–Crippen LogP) is 7.08. The lowest BCUT2D eigenvalue weighted by molar-refractivity contribution is 0.0708. The Bertz CT molecular complexity index is 871. The first-order chi connectivity index (χ1) is 14.7. The van der Waals surface area contributed by atoms with Crippen molar-refractivity contribution in [3.05, 3.63) is 54.1 Å². The summed E-state index contributed by atoms with van der Waals surface area (Å²) in [6.45, 7) is 7.88. The summed E-state index contributed by atoms with van der Waals surface area (Å²) >= 11 is 1.75. The number of benzene rings is 2. The summed E-state index contributed by atoms with van der Waals surface area (Å²) in [7, 11) is 0.944. The van der Waals surface area contributed by atoms with E-state index >= 15 is 0 Å². The van der Waals surface area contributed by atoms with E-state index in [1.807, 2.05) is 26.8 Å². The van der Waals surface area contributed by atoms with Gasteiger partial charge in [-0.15, -0.1) is 11.3 Å². The zero-order valence-electron chi connectivity index (χ0n) is 17.8. The van der Waals surface area contributed by atoms with Crippen molar-refractivity contribution in [1.82, 2.24) is 4.98 Å². The van der Waals surface area contributed by atoms with Gasteiger partial charge in [0.15, 0.2) is 4.34 Å². The fourth-order valence-corrected chi connectivity index (χ4v) is 9.37. The average Bonchev–Trinajstić information content (AvgIpc) is 3.17. The first-order valence-electron chi connectivity index (χ1n) is 10.4. The minimum Gasteiger partial charge on any atom is -0.374 e. The summed E-state index contributed by atoms with van der Waals surface area (Å²) < 4.78 is 20.3. The van der Waals surface area contributed by atoms with Gasteiger partial charge in [-0.2, -0.15) is 0 Å². The standard InChI is InChI=1S/C22H29NO3S3Si/c1-4-24-30(25-5-2,26-6-3)17-11-13-18-12-7-9-15-20(18)28-29-22-23-19-14-8-10-16-21(19)27-22/h7-10,12,14-16H,4-6,11,13,17H2,1-3H3. The summed E-state index contributed by atoms with van der Waals surface area (Å²) in [6.07, 6.45) is 1.96. The Morgan fingerprint density at radius 3 is 2.23 bits per heavy atom. The Morgan fingerprint density at radius 1 is 0.867 bits per heavy atom. The van der Waals surface area contributed by atoms with Gasteiger partial charge in [0.2, 0.25) is 0 Å². The van der Waals surface area contributed by atoms with Crippen LogP contribution in [-0.2, 0) is 19.7 Å². The summed E-state index contributed by atoms with van der Waals surface area (Å²) in [5.41, 5.74) is 2.42. The first kappa shape index (κ1) is 23.8. The third-order valence-electron chi connectivity index (χ3n) is 4.47. The maximum atomic E-state index is 5.99. The molecule has 4 nitrogen and oxygen atoms in total. The maximum Gasteiger partial charge on any atom is 0.500 e. The number of aryl methyl sites for hydroxylation is 1. The zero-order valence-corrected chi connectivity index (χ0v) is 21.2. The molecule has 0 atom stereocenters. The van der Waals surface area contributed by atoms with Crippen molar-refractivity contribution >= 4 is 51.9 Å². The summed E-state index contributed by atoms with van der Waals surface area (Å²) in [5, 5.41) is 0. The van der Waals surface area contributed by atoms with Crippen molar-refractivity contribution in [3.8, 4) is 0 Å². The molecule has 0 spiro atoms. The van der Waals surface area contributed by atoms with Gasteiger partial charge < -0.3 is 13.3 Å². The Morgan fingerprint density at radius 2 is 1.53 bits per heavy atom.